The van der Waals surface area contributed by atoms with Crippen LogP contribution in [0.1, 0.15) is 0 Å². The van der Waals surface area contributed by atoms with E-state index in [9.17, 15) is 0 Å². The van der Waals surface area contributed by atoms with E-state index in [1.54, 1.807) is 11.3 Å². The molecule has 1 heterocycles. The van der Waals surface area contributed by atoms with Gasteiger partial charge in [-0.25, -0.2) is 4.98 Å². The molecule has 0 unspecified atom stereocenters. The molecular formula is C19H13NOS. The molecule has 22 heavy (non-hydrogen) atoms. The van der Waals surface area contributed by atoms with Crippen LogP contribution >= 0.6 is 11.3 Å². The second-order valence-corrected chi connectivity index (χ2v) is 5.96. The van der Waals surface area contributed by atoms with E-state index in [0.717, 1.165) is 27.6 Å². The Labute approximate surface area is 132 Å². The van der Waals surface area contributed by atoms with Gasteiger partial charge < -0.3 is 4.74 Å². The third-order valence-electron chi connectivity index (χ3n) is 3.35. The number of nitrogens with zero attached hydrogens (tertiary/aromatic N) is 1. The van der Waals surface area contributed by atoms with E-state index in [1.807, 2.05) is 66.7 Å². The fourth-order valence-corrected chi connectivity index (χ4v) is 3.27. The van der Waals surface area contributed by atoms with Crippen molar-refractivity contribution in [3.63, 3.8) is 0 Å². The van der Waals surface area contributed by atoms with Crippen molar-refractivity contribution in [2.24, 2.45) is 0 Å². The number of para-hydroxylation sites is 2. The second-order valence-electron chi connectivity index (χ2n) is 4.93. The second kappa shape index (κ2) is 5.62. The Morgan fingerprint density at radius 2 is 1.50 bits per heavy atom. The van der Waals surface area contributed by atoms with E-state index in [1.165, 1.54) is 4.70 Å². The van der Waals surface area contributed by atoms with Crippen LogP contribution in [0, 0.1) is 0 Å². The molecule has 0 radical (unpaired) electrons. The molecule has 4 rings (SSSR count). The lowest BCUT2D eigenvalue weighted by atomic mass is 10.2. The number of ether oxygens (including phenoxy) is 1. The highest BCUT2D eigenvalue weighted by Crippen LogP contribution is 2.32. The van der Waals surface area contributed by atoms with Gasteiger partial charge in [0.15, 0.2) is 0 Å². The van der Waals surface area contributed by atoms with Gasteiger partial charge in [-0.3, -0.25) is 0 Å². The maximum atomic E-state index is 5.89. The van der Waals surface area contributed by atoms with Gasteiger partial charge in [0.2, 0.25) is 0 Å². The summed E-state index contributed by atoms with van der Waals surface area (Å²) >= 11 is 1.70. The Balaban J connectivity index is 1.69. The average molecular weight is 303 g/mol. The van der Waals surface area contributed by atoms with Crippen molar-refractivity contribution < 1.29 is 4.74 Å². The van der Waals surface area contributed by atoms with Crippen molar-refractivity contribution in [1.29, 1.82) is 0 Å². The van der Waals surface area contributed by atoms with Crippen molar-refractivity contribution in [3.8, 4) is 22.1 Å². The van der Waals surface area contributed by atoms with Crippen molar-refractivity contribution in [2.75, 3.05) is 0 Å². The Kier molecular flexibility index (Phi) is 3.33. The van der Waals surface area contributed by atoms with Crippen LogP contribution in [0.5, 0.6) is 11.5 Å². The summed E-state index contributed by atoms with van der Waals surface area (Å²) in [5.74, 6) is 1.66. The standard InChI is InChI=1S/C19H13NOS/c1-2-8-15(9-3-1)21-16-10-6-7-14(13-16)19-20-17-11-4-5-12-18(17)22-19/h1-13H. The molecule has 4 aromatic rings. The Hall–Kier alpha value is -2.65. The number of benzene rings is 3. The molecule has 3 heteroatoms. The zero-order chi connectivity index (χ0) is 14.8. The molecule has 3 aromatic carbocycles. The molecule has 0 bridgehead atoms. The maximum absolute atomic E-state index is 5.89. The SMILES string of the molecule is c1ccc(Oc2cccc(-c3nc4ccccc4s3)c2)cc1. The number of hydrogen-bond donors (Lipinski definition) is 0. The minimum Gasteiger partial charge on any atom is -0.457 e. The zero-order valence-electron chi connectivity index (χ0n) is 11.8. The molecule has 0 atom stereocenters. The minimum absolute atomic E-state index is 0.822. The molecular weight excluding hydrogens is 290 g/mol. The van der Waals surface area contributed by atoms with Crippen LogP contribution in [0.2, 0.25) is 0 Å². The molecule has 0 aliphatic rings. The third kappa shape index (κ3) is 2.59. The van der Waals surface area contributed by atoms with E-state index in [4.69, 9.17) is 9.72 Å². The van der Waals surface area contributed by atoms with Crippen LogP contribution in [-0.2, 0) is 0 Å². The lowest BCUT2D eigenvalue weighted by Crippen LogP contribution is -1.84. The van der Waals surface area contributed by atoms with Crippen molar-refractivity contribution >= 4 is 21.6 Å². The molecule has 1 aromatic heterocycles. The summed E-state index contributed by atoms with van der Waals surface area (Å²) in [7, 11) is 0. The molecule has 0 aliphatic heterocycles. The van der Waals surface area contributed by atoms with Gasteiger partial charge in [-0.15, -0.1) is 11.3 Å². The molecule has 106 valence electrons. The normalized spacial score (nSPS) is 10.7. The lowest BCUT2D eigenvalue weighted by molar-refractivity contribution is 0.483. The summed E-state index contributed by atoms with van der Waals surface area (Å²) < 4.78 is 7.09. The molecule has 0 fully saturated rings. The van der Waals surface area contributed by atoms with E-state index in [2.05, 4.69) is 12.1 Å². The molecule has 2 nitrogen and oxygen atoms in total. The predicted molar refractivity (Wildman–Crippen MR) is 91.6 cm³/mol. The van der Waals surface area contributed by atoms with Crippen LogP contribution in [0.4, 0.5) is 0 Å². The summed E-state index contributed by atoms with van der Waals surface area (Å²) in [6.07, 6.45) is 0. The van der Waals surface area contributed by atoms with Gasteiger partial charge >= 0.3 is 0 Å². The third-order valence-corrected chi connectivity index (χ3v) is 4.44. The average Bonchev–Trinajstić information content (AvgIpc) is 3.00. The lowest BCUT2D eigenvalue weighted by Gasteiger charge is -2.06. The number of fused-ring (bicyclic) bond motifs is 1. The highest BCUT2D eigenvalue weighted by molar-refractivity contribution is 7.21. The summed E-state index contributed by atoms with van der Waals surface area (Å²) in [5, 5.41) is 1.01. The molecule has 0 amide bonds. The van der Waals surface area contributed by atoms with Crippen LogP contribution in [0.3, 0.4) is 0 Å². The Morgan fingerprint density at radius 1 is 0.727 bits per heavy atom. The first kappa shape index (κ1) is 13.0. The zero-order valence-corrected chi connectivity index (χ0v) is 12.6. The Bertz CT molecular complexity index is 882. The van der Waals surface area contributed by atoms with Crippen LogP contribution in [0.25, 0.3) is 20.8 Å². The number of hydrogen-bond acceptors (Lipinski definition) is 3. The molecule has 0 aliphatic carbocycles. The van der Waals surface area contributed by atoms with E-state index < -0.39 is 0 Å². The van der Waals surface area contributed by atoms with Gasteiger partial charge in [-0.2, -0.15) is 0 Å². The highest BCUT2D eigenvalue weighted by atomic mass is 32.1. The first-order valence-electron chi connectivity index (χ1n) is 7.07. The maximum Gasteiger partial charge on any atom is 0.128 e. The Morgan fingerprint density at radius 3 is 2.36 bits per heavy atom. The first-order valence-corrected chi connectivity index (χ1v) is 7.89. The summed E-state index contributed by atoms with van der Waals surface area (Å²) in [4.78, 5) is 4.69. The fraction of sp³-hybridized carbons (Fsp3) is 0. The van der Waals surface area contributed by atoms with Crippen molar-refractivity contribution in [1.82, 2.24) is 4.98 Å². The highest BCUT2D eigenvalue weighted by Gasteiger charge is 2.07. The summed E-state index contributed by atoms with van der Waals surface area (Å²) in [6, 6.07) is 26.1. The summed E-state index contributed by atoms with van der Waals surface area (Å²) in [6.45, 7) is 0. The van der Waals surface area contributed by atoms with Gasteiger partial charge in [-0.1, -0.05) is 42.5 Å². The van der Waals surface area contributed by atoms with Crippen LogP contribution in [0.15, 0.2) is 78.9 Å². The largest absolute Gasteiger partial charge is 0.457 e. The van der Waals surface area contributed by atoms with Crippen LogP contribution < -0.4 is 4.74 Å². The minimum atomic E-state index is 0.822. The van der Waals surface area contributed by atoms with Gasteiger partial charge in [0.25, 0.3) is 0 Å². The van der Waals surface area contributed by atoms with Gasteiger partial charge in [-0.05, 0) is 36.4 Å². The van der Waals surface area contributed by atoms with Crippen molar-refractivity contribution in [2.45, 2.75) is 0 Å². The van der Waals surface area contributed by atoms with Gasteiger partial charge in [0, 0.05) is 5.56 Å². The van der Waals surface area contributed by atoms with Crippen LogP contribution in [-0.4, -0.2) is 4.98 Å². The number of aromatic nitrogens is 1. The smallest absolute Gasteiger partial charge is 0.128 e. The first-order chi connectivity index (χ1) is 10.9. The monoisotopic (exact) mass is 303 g/mol. The van der Waals surface area contributed by atoms with Gasteiger partial charge in [0.1, 0.15) is 16.5 Å². The quantitative estimate of drug-likeness (QED) is 0.480. The topological polar surface area (TPSA) is 22.1 Å². The van der Waals surface area contributed by atoms with E-state index >= 15 is 0 Å². The van der Waals surface area contributed by atoms with E-state index in [-0.39, 0.29) is 0 Å². The number of thiazole rings is 1. The van der Waals surface area contributed by atoms with E-state index in [0.29, 0.717) is 0 Å². The number of rotatable bonds is 3. The molecule has 0 saturated carbocycles. The summed E-state index contributed by atoms with van der Waals surface area (Å²) in [5.41, 5.74) is 2.12. The molecule has 0 N–H and O–H groups in total. The predicted octanol–water partition coefficient (Wildman–Crippen LogP) is 5.76. The molecule has 0 saturated heterocycles. The fourth-order valence-electron chi connectivity index (χ4n) is 2.31. The molecule has 0 spiro atoms. The van der Waals surface area contributed by atoms with Crippen molar-refractivity contribution in [3.05, 3.63) is 78.9 Å². The van der Waals surface area contributed by atoms with Gasteiger partial charge in [0.05, 0.1) is 10.2 Å².